The third kappa shape index (κ3) is 4.25. The van der Waals surface area contributed by atoms with Crippen molar-refractivity contribution in [1.29, 1.82) is 0 Å². The Morgan fingerprint density at radius 2 is 2.10 bits per heavy atom. The molecule has 4 N–H and O–H groups in total. The number of hydrogen-bond acceptors (Lipinski definition) is 5. The number of amides is 1. The number of nitrogens with zero attached hydrogens (tertiary/aromatic N) is 1. The molecule has 116 valence electrons. The molecule has 1 amide bonds. The van der Waals surface area contributed by atoms with Crippen molar-refractivity contribution in [1.82, 2.24) is 10.3 Å². The highest BCUT2D eigenvalue weighted by Gasteiger charge is 2.34. The number of carbonyl (C=O) groups is 2. The maximum atomic E-state index is 12.1. The Kier molecular flexibility index (Phi) is 5.30. The molecule has 2 rings (SSSR count). The minimum absolute atomic E-state index is 0.110. The van der Waals surface area contributed by atoms with Crippen molar-refractivity contribution in [3.8, 4) is 0 Å². The van der Waals surface area contributed by atoms with Gasteiger partial charge in [0.1, 0.15) is 10.7 Å². The SMILES string of the molecule is NCc1nc(C(=O)NCC2(CC(=O)O)CCCCC2)cs1. The van der Waals surface area contributed by atoms with E-state index in [1.54, 1.807) is 5.38 Å². The molecule has 0 atom stereocenters. The van der Waals surface area contributed by atoms with Crippen LogP contribution in [0.25, 0.3) is 0 Å². The van der Waals surface area contributed by atoms with Crippen LogP contribution in [0.5, 0.6) is 0 Å². The monoisotopic (exact) mass is 311 g/mol. The predicted molar refractivity (Wildman–Crippen MR) is 80.1 cm³/mol. The number of nitrogens with two attached hydrogens (primary N) is 1. The van der Waals surface area contributed by atoms with Crippen molar-refractivity contribution in [3.05, 3.63) is 16.1 Å². The quantitative estimate of drug-likeness (QED) is 0.742. The lowest BCUT2D eigenvalue weighted by molar-refractivity contribution is -0.140. The van der Waals surface area contributed by atoms with Crippen LogP contribution in [0.1, 0.15) is 54.0 Å². The second-order valence-electron chi connectivity index (χ2n) is 5.64. The van der Waals surface area contributed by atoms with Gasteiger partial charge in [0.25, 0.3) is 5.91 Å². The summed E-state index contributed by atoms with van der Waals surface area (Å²) >= 11 is 1.36. The number of aliphatic carboxylic acids is 1. The summed E-state index contributed by atoms with van der Waals surface area (Å²) in [5, 5.41) is 14.4. The molecule has 1 aromatic rings. The lowest BCUT2D eigenvalue weighted by Gasteiger charge is -2.36. The lowest BCUT2D eigenvalue weighted by atomic mass is 9.71. The first-order valence-electron chi connectivity index (χ1n) is 7.19. The predicted octanol–water partition coefficient (Wildman–Crippen LogP) is 1.76. The zero-order valence-corrected chi connectivity index (χ0v) is 12.7. The molecule has 0 unspecified atom stereocenters. The lowest BCUT2D eigenvalue weighted by Crippen LogP contribution is -2.40. The summed E-state index contributed by atoms with van der Waals surface area (Å²) in [6, 6.07) is 0. The fourth-order valence-electron chi connectivity index (χ4n) is 2.91. The minimum atomic E-state index is -0.801. The van der Waals surface area contributed by atoms with Crippen molar-refractivity contribution in [3.63, 3.8) is 0 Å². The molecule has 1 aromatic heterocycles. The molecule has 1 saturated carbocycles. The summed E-state index contributed by atoms with van der Waals surface area (Å²) in [5.41, 5.74) is 5.53. The first kappa shape index (κ1) is 15.9. The number of carbonyl (C=O) groups excluding carboxylic acids is 1. The fraction of sp³-hybridized carbons (Fsp3) is 0.643. The summed E-state index contributed by atoms with van der Waals surface area (Å²) < 4.78 is 0. The van der Waals surface area contributed by atoms with Crippen molar-refractivity contribution in [2.75, 3.05) is 6.54 Å². The van der Waals surface area contributed by atoms with Gasteiger partial charge in [-0.05, 0) is 18.3 Å². The van der Waals surface area contributed by atoms with Crippen LogP contribution in [-0.2, 0) is 11.3 Å². The van der Waals surface area contributed by atoms with Gasteiger partial charge in [0.2, 0.25) is 0 Å². The van der Waals surface area contributed by atoms with Crippen LogP contribution in [0.15, 0.2) is 5.38 Å². The van der Waals surface area contributed by atoms with Crippen LogP contribution in [0.2, 0.25) is 0 Å². The van der Waals surface area contributed by atoms with Crippen LogP contribution in [0.3, 0.4) is 0 Å². The molecule has 0 saturated heterocycles. The highest BCUT2D eigenvalue weighted by molar-refractivity contribution is 7.09. The van der Waals surface area contributed by atoms with Crippen LogP contribution in [0, 0.1) is 5.41 Å². The molecular formula is C14H21N3O3S. The van der Waals surface area contributed by atoms with Crippen LogP contribution < -0.4 is 11.1 Å². The van der Waals surface area contributed by atoms with E-state index in [0.29, 0.717) is 18.8 Å². The molecule has 0 radical (unpaired) electrons. The zero-order chi connectivity index (χ0) is 15.3. The molecule has 0 spiro atoms. The molecule has 6 nitrogen and oxygen atoms in total. The number of carboxylic acid groups (broad SMARTS) is 1. The van der Waals surface area contributed by atoms with Crippen LogP contribution >= 0.6 is 11.3 Å². The molecule has 1 heterocycles. The van der Waals surface area contributed by atoms with Crippen molar-refractivity contribution in [2.24, 2.45) is 11.1 Å². The Morgan fingerprint density at radius 3 is 2.67 bits per heavy atom. The van der Waals surface area contributed by atoms with E-state index in [-0.39, 0.29) is 17.7 Å². The van der Waals surface area contributed by atoms with Crippen molar-refractivity contribution < 1.29 is 14.7 Å². The molecule has 1 fully saturated rings. The Balaban J connectivity index is 1.97. The highest BCUT2D eigenvalue weighted by atomic mass is 32.1. The van der Waals surface area contributed by atoms with Gasteiger partial charge in [-0.15, -0.1) is 11.3 Å². The first-order chi connectivity index (χ1) is 10.0. The fourth-order valence-corrected chi connectivity index (χ4v) is 3.56. The number of nitrogens with one attached hydrogen (secondary N) is 1. The van der Waals surface area contributed by atoms with E-state index in [1.165, 1.54) is 11.3 Å². The van der Waals surface area contributed by atoms with Gasteiger partial charge in [0.05, 0.1) is 6.42 Å². The summed E-state index contributed by atoms with van der Waals surface area (Å²) in [5.74, 6) is -1.05. The largest absolute Gasteiger partial charge is 0.481 e. The summed E-state index contributed by atoms with van der Waals surface area (Å²) in [4.78, 5) is 27.3. The van der Waals surface area contributed by atoms with Gasteiger partial charge in [-0.1, -0.05) is 19.3 Å². The summed E-state index contributed by atoms with van der Waals surface area (Å²) in [7, 11) is 0. The average molecular weight is 311 g/mol. The van der Waals surface area contributed by atoms with Crippen LogP contribution in [-0.4, -0.2) is 28.5 Å². The Bertz CT molecular complexity index is 509. The normalized spacial score (nSPS) is 17.4. The molecule has 0 bridgehead atoms. The number of aromatic nitrogens is 1. The first-order valence-corrected chi connectivity index (χ1v) is 8.07. The zero-order valence-electron chi connectivity index (χ0n) is 11.9. The van der Waals surface area contributed by atoms with E-state index in [0.717, 1.165) is 37.1 Å². The van der Waals surface area contributed by atoms with Gasteiger partial charge in [-0.25, -0.2) is 4.98 Å². The number of hydrogen-bond donors (Lipinski definition) is 3. The maximum absolute atomic E-state index is 12.1. The number of rotatable bonds is 6. The Hall–Kier alpha value is -1.47. The van der Waals surface area contributed by atoms with E-state index in [2.05, 4.69) is 10.3 Å². The number of thiazole rings is 1. The smallest absolute Gasteiger partial charge is 0.303 e. The van der Waals surface area contributed by atoms with Crippen molar-refractivity contribution >= 4 is 23.2 Å². The Labute approximate surface area is 127 Å². The van der Waals surface area contributed by atoms with Crippen LogP contribution in [0.4, 0.5) is 0 Å². The van der Waals surface area contributed by atoms with Gasteiger partial charge >= 0.3 is 5.97 Å². The molecule has 21 heavy (non-hydrogen) atoms. The molecule has 1 aliphatic carbocycles. The van der Waals surface area contributed by atoms with Gasteiger partial charge in [0.15, 0.2) is 0 Å². The van der Waals surface area contributed by atoms with E-state index in [4.69, 9.17) is 10.8 Å². The molecule has 0 aliphatic heterocycles. The van der Waals surface area contributed by atoms with Gasteiger partial charge in [-0.3, -0.25) is 9.59 Å². The van der Waals surface area contributed by atoms with E-state index in [9.17, 15) is 9.59 Å². The molecule has 1 aliphatic rings. The third-order valence-electron chi connectivity index (χ3n) is 4.02. The maximum Gasteiger partial charge on any atom is 0.303 e. The van der Waals surface area contributed by atoms with Gasteiger partial charge in [-0.2, -0.15) is 0 Å². The number of carboxylic acids is 1. The van der Waals surface area contributed by atoms with Gasteiger partial charge < -0.3 is 16.2 Å². The molecule has 7 heteroatoms. The minimum Gasteiger partial charge on any atom is -0.481 e. The summed E-state index contributed by atoms with van der Waals surface area (Å²) in [6.07, 6.45) is 5.00. The van der Waals surface area contributed by atoms with Crippen molar-refractivity contribution in [2.45, 2.75) is 45.1 Å². The van der Waals surface area contributed by atoms with E-state index in [1.807, 2.05) is 0 Å². The van der Waals surface area contributed by atoms with E-state index >= 15 is 0 Å². The standard InChI is InChI=1S/C14H21N3O3S/c15-7-11-17-10(8-21-11)13(20)16-9-14(6-12(18)19)4-2-1-3-5-14/h8H,1-7,9,15H2,(H,16,20)(H,18,19). The Morgan fingerprint density at radius 1 is 1.38 bits per heavy atom. The highest BCUT2D eigenvalue weighted by Crippen LogP contribution is 2.38. The second kappa shape index (κ2) is 7.00. The average Bonchev–Trinajstić information content (AvgIpc) is 2.94. The topological polar surface area (TPSA) is 105 Å². The molecular weight excluding hydrogens is 290 g/mol. The second-order valence-corrected chi connectivity index (χ2v) is 6.59. The van der Waals surface area contributed by atoms with Gasteiger partial charge in [0, 0.05) is 18.5 Å². The summed E-state index contributed by atoms with van der Waals surface area (Å²) in [6.45, 7) is 0.717. The molecule has 0 aromatic carbocycles. The third-order valence-corrected chi connectivity index (χ3v) is 4.89. The van der Waals surface area contributed by atoms with E-state index < -0.39 is 5.97 Å².